The summed E-state index contributed by atoms with van der Waals surface area (Å²) in [7, 11) is 1.45. The molecule has 0 radical (unpaired) electrons. The number of hydrogen-bond acceptors (Lipinski definition) is 4. The SMILES string of the molecule is CNC(=O)NC(=O)[C@H](C)Sc1ccc(NC(C)=O)cc1. The van der Waals surface area contributed by atoms with E-state index in [1.807, 2.05) is 0 Å². The van der Waals surface area contributed by atoms with Crippen LogP contribution in [0.1, 0.15) is 13.8 Å². The monoisotopic (exact) mass is 295 g/mol. The molecule has 0 aliphatic heterocycles. The van der Waals surface area contributed by atoms with Gasteiger partial charge >= 0.3 is 6.03 Å². The summed E-state index contributed by atoms with van der Waals surface area (Å²) in [5, 5.41) is 6.80. The average molecular weight is 295 g/mol. The van der Waals surface area contributed by atoms with Crippen LogP contribution < -0.4 is 16.0 Å². The lowest BCUT2D eigenvalue weighted by Gasteiger charge is -2.11. The van der Waals surface area contributed by atoms with Crippen molar-refractivity contribution in [3.05, 3.63) is 24.3 Å². The topological polar surface area (TPSA) is 87.3 Å². The van der Waals surface area contributed by atoms with Crippen LogP contribution in [0.2, 0.25) is 0 Å². The standard InChI is InChI=1S/C13H17N3O3S/c1-8(12(18)16-13(19)14-3)20-11-6-4-10(5-7-11)15-9(2)17/h4-8H,1-3H3,(H,15,17)(H2,14,16,18,19)/t8-/m0/s1. The normalized spacial score (nSPS) is 11.3. The second kappa shape index (κ2) is 7.54. The third-order valence-corrected chi connectivity index (χ3v) is 3.43. The summed E-state index contributed by atoms with van der Waals surface area (Å²) in [6.07, 6.45) is 0. The molecule has 1 rings (SSSR count). The molecule has 6 nitrogen and oxygen atoms in total. The smallest absolute Gasteiger partial charge is 0.321 e. The van der Waals surface area contributed by atoms with Crippen molar-refractivity contribution in [2.45, 2.75) is 24.0 Å². The van der Waals surface area contributed by atoms with Crippen LogP contribution in [0.4, 0.5) is 10.5 Å². The molecule has 0 saturated heterocycles. The van der Waals surface area contributed by atoms with Gasteiger partial charge in [-0.25, -0.2) is 4.79 Å². The molecule has 0 unspecified atom stereocenters. The van der Waals surface area contributed by atoms with Crippen molar-refractivity contribution in [2.75, 3.05) is 12.4 Å². The summed E-state index contributed by atoms with van der Waals surface area (Å²) in [4.78, 5) is 34.5. The van der Waals surface area contributed by atoms with Crippen molar-refractivity contribution < 1.29 is 14.4 Å². The van der Waals surface area contributed by atoms with Gasteiger partial charge in [0.2, 0.25) is 11.8 Å². The van der Waals surface area contributed by atoms with E-state index in [0.717, 1.165) is 4.90 Å². The minimum absolute atomic E-state index is 0.135. The predicted octanol–water partition coefficient (Wildman–Crippen LogP) is 1.58. The average Bonchev–Trinajstić information content (AvgIpc) is 2.40. The Morgan fingerprint density at radius 3 is 2.25 bits per heavy atom. The Morgan fingerprint density at radius 1 is 1.15 bits per heavy atom. The molecular formula is C13H17N3O3S. The number of thioether (sulfide) groups is 1. The van der Waals surface area contributed by atoms with E-state index >= 15 is 0 Å². The fourth-order valence-corrected chi connectivity index (χ4v) is 2.22. The molecule has 3 N–H and O–H groups in total. The van der Waals surface area contributed by atoms with Crippen LogP contribution >= 0.6 is 11.8 Å². The van der Waals surface area contributed by atoms with Crippen LogP contribution in [0, 0.1) is 0 Å². The van der Waals surface area contributed by atoms with Crippen molar-refractivity contribution in [2.24, 2.45) is 0 Å². The molecule has 1 atom stereocenters. The summed E-state index contributed by atoms with van der Waals surface area (Å²) in [5.41, 5.74) is 0.698. The lowest BCUT2D eigenvalue weighted by Crippen LogP contribution is -2.41. The third kappa shape index (κ3) is 5.31. The maximum Gasteiger partial charge on any atom is 0.321 e. The highest BCUT2D eigenvalue weighted by atomic mass is 32.2. The van der Waals surface area contributed by atoms with Crippen LogP contribution in [-0.2, 0) is 9.59 Å². The molecule has 0 heterocycles. The summed E-state index contributed by atoms with van der Waals surface area (Å²) >= 11 is 1.33. The zero-order valence-corrected chi connectivity index (χ0v) is 12.3. The van der Waals surface area contributed by atoms with Gasteiger partial charge in [0.25, 0.3) is 0 Å². The number of rotatable bonds is 4. The highest BCUT2D eigenvalue weighted by Crippen LogP contribution is 2.24. The molecule has 0 fully saturated rings. The number of amides is 4. The molecule has 108 valence electrons. The molecule has 0 aliphatic carbocycles. The van der Waals surface area contributed by atoms with Crippen molar-refractivity contribution in [1.29, 1.82) is 0 Å². The van der Waals surface area contributed by atoms with E-state index in [0.29, 0.717) is 5.69 Å². The van der Waals surface area contributed by atoms with Gasteiger partial charge in [0, 0.05) is 24.6 Å². The summed E-state index contributed by atoms with van der Waals surface area (Å²) < 4.78 is 0. The second-order valence-electron chi connectivity index (χ2n) is 4.03. The number of anilines is 1. The Balaban J connectivity index is 2.57. The minimum atomic E-state index is -0.525. The Bertz CT molecular complexity index is 502. The first-order chi connectivity index (χ1) is 9.42. The Labute approximate surface area is 121 Å². The fourth-order valence-electron chi connectivity index (χ4n) is 1.35. The molecule has 0 saturated carbocycles. The van der Waals surface area contributed by atoms with Gasteiger partial charge < -0.3 is 10.6 Å². The largest absolute Gasteiger partial charge is 0.341 e. The summed E-state index contributed by atoms with van der Waals surface area (Å²) in [6, 6.07) is 6.60. The zero-order valence-electron chi connectivity index (χ0n) is 11.5. The van der Waals surface area contributed by atoms with Crippen molar-refractivity contribution in [1.82, 2.24) is 10.6 Å². The Morgan fingerprint density at radius 2 is 1.75 bits per heavy atom. The molecule has 0 aliphatic rings. The van der Waals surface area contributed by atoms with Gasteiger partial charge in [-0.05, 0) is 31.2 Å². The lowest BCUT2D eigenvalue weighted by molar-refractivity contribution is -0.119. The zero-order chi connectivity index (χ0) is 15.1. The van der Waals surface area contributed by atoms with Crippen molar-refractivity contribution in [3.8, 4) is 0 Å². The molecule has 0 bridgehead atoms. The number of imide groups is 1. The van der Waals surface area contributed by atoms with Crippen molar-refractivity contribution >= 4 is 35.3 Å². The van der Waals surface area contributed by atoms with E-state index in [1.165, 1.54) is 25.7 Å². The Kier molecular flexibility index (Phi) is 6.05. The van der Waals surface area contributed by atoms with Crippen molar-refractivity contribution in [3.63, 3.8) is 0 Å². The van der Waals surface area contributed by atoms with E-state index in [-0.39, 0.29) is 11.8 Å². The highest BCUT2D eigenvalue weighted by molar-refractivity contribution is 8.00. The molecular weight excluding hydrogens is 278 g/mol. The van der Waals surface area contributed by atoms with E-state index in [2.05, 4.69) is 16.0 Å². The first kappa shape index (κ1) is 16.0. The van der Waals surface area contributed by atoms with Crippen LogP contribution in [0.25, 0.3) is 0 Å². The number of benzene rings is 1. The quantitative estimate of drug-likeness (QED) is 0.736. The number of hydrogen-bond donors (Lipinski definition) is 3. The van der Waals surface area contributed by atoms with E-state index in [4.69, 9.17) is 0 Å². The van der Waals surface area contributed by atoms with Gasteiger partial charge in [0.1, 0.15) is 0 Å². The van der Waals surface area contributed by atoms with Gasteiger partial charge in [0.15, 0.2) is 0 Å². The van der Waals surface area contributed by atoms with Crippen LogP contribution in [0.15, 0.2) is 29.2 Å². The first-order valence-corrected chi connectivity index (χ1v) is 6.87. The van der Waals surface area contributed by atoms with E-state index in [1.54, 1.807) is 31.2 Å². The summed E-state index contributed by atoms with van der Waals surface area (Å²) in [6.45, 7) is 3.15. The summed E-state index contributed by atoms with van der Waals surface area (Å²) in [5.74, 6) is -0.496. The molecule has 0 aromatic heterocycles. The second-order valence-corrected chi connectivity index (χ2v) is 5.45. The fraction of sp³-hybridized carbons (Fsp3) is 0.308. The number of urea groups is 1. The molecule has 1 aromatic rings. The van der Waals surface area contributed by atoms with Crippen LogP contribution in [-0.4, -0.2) is 30.1 Å². The third-order valence-electron chi connectivity index (χ3n) is 2.32. The van der Waals surface area contributed by atoms with Gasteiger partial charge in [-0.2, -0.15) is 0 Å². The predicted molar refractivity (Wildman–Crippen MR) is 78.7 cm³/mol. The van der Waals surface area contributed by atoms with Gasteiger partial charge in [-0.3, -0.25) is 14.9 Å². The number of carbonyl (C=O) groups excluding carboxylic acids is 3. The maximum atomic E-state index is 11.7. The minimum Gasteiger partial charge on any atom is -0.341 e. The maximum absolute atomic E-state index is 11.7. The van der Waals surface area contributed by atoms with Crippen LogP contribution in [0.5, 0.6) is 0 Å². The van der Waals surface area contributed by atoms with Gasteiger partial charge in [0.05, 0.1) is 5.25 Å². The molecule has 0 spiro atoms. The van der Waals surface area contributed by atoms with Gasteiger partial charge in [-0.15, -0.1) is 11.8 Å². The number of nitrogens with one attached hydrogen (secondary N) is 3. The van der Waals surface area contributed by atoms with E-state index in [9.17, 15) is 14.4 Å². The molecule has 1 aromatic carbocycles. The van der Waals surface area contributed by atoms with Gasteiger partial charge in [-0.1, -0.05) is 0 Å². The van der Waals surface area contributed by atoms with E-state index < -0.39 is 11.3 Å². The first-order valence-electron chi connectivity index (χ1n) is 5.99. The molecule has 20 heavy (non-hydrogen) atoms. The molecule has 4 amide bonds. The molecule has 7 heteroatoms. The van der Waals surface area contributed by atoms with Crippen LogP contribution in [0.3, 0.4) is 0 Å². The lowest BCUT2D eigenvalue weighted by atomic mass is 10.3. The highest BCUT2D eigenvalue weighted by Gasteiger charge is 2.16. The number of carbonyl (C=O) groups is 3. The Hall–Kier alpha value is -2.02.